The molecule has 2 aromatic heterocycles. The van der Waals surface area contributed by atoms with E-state index < -0.39 is 14.3 Å². The van der Waals surface area contributed by atoms with Crippen molar-refractivity contribution < 1.29 is 9.13 Å². The van der Waals surface area contributed by atoms with E-state index in [0.29, 0.717) is 0 Å². The van der Waals surface area contributed by atoms with Gasteiger partial charge in [-0.3, -0.25) is 0 Å². The molecule has 11 aromatic rings. The summed E-state index contributed by atoms with van der Waals surface area (Å²) in [6.07, 6.45) is 0. The lowest BCUT2D eigenvalue weighted by Crippen LogP contribution is -2.42. The maximum absolute atomic E-state index is 16.2. The minimum Gasteiger partial charge on any atom is -0.309 e. The Kier molecular flexibility index (Phi) is 9.18. The van der Waals surface area contributed by atoms with Crippen LogP contribution >= 0.6 is 37.0 Å². The fraction of sp³-hybridized carbons (Fsp3) is 0.100. The molecular weight excluding hydrogens is 907 g/mol. The van der Waals surface area contributed by atoms with Crippen LogP contribution in [0.2, 0.25) is 0 Å². The topological polar surface area (TPSA) is 44.0 Å². The Bertz CT molecular complexity index is 3800. The standard InChI is InChI=1S/C60H46N2O2P2S2/c1-59(2)43-23-11-15-27-51(43)65(63,41-19-7-5-8-20-41)53-35-39(31-33-45(53)59)61-47-25-13-17-29-55(47)67-57-38-50-58(37-49(57)61)68-56-30-18-14-26-48(56)62(50)40-32-34-46-54(36-40)66(64,42-21-9-6-10-22-42)52-28-16-12-24-44(52)60(46,3)4/h5-38H,1-4H3. The minimum absolute atomic E-state index is 0.363. The molecule has 0 saturated heterocycles. The molecule has 330 valence electrons. The van der Waals surface area contributed by atoms with Crippen LogP contribution in [-0.4, -0.2) is 9.13 Å². The first-order chi connectivity index (χ1) is 33.0. The van der Waals surface area contributed by atoms with Gasteiger partial charge in [-0.2, -0.15) is 0 Å². The number of benzene rings is 9. The number of fused-ring (bicyclic) bond motifs is 8. The zero-order valence-electron chi connectivity index (χ0n) is 38.1. The van der Waals surface area contributed by atoms with E-state index in [1.165, 1.54) is 0 Å². The molecule has 4 nitrogen and oxygen atoms in total. The van der Waals surface area contributed by atoms with Crippen molar-refractivity contribution >= 4 is 110 Å². The van der Waals surface area contributed by atoms with E-state index >= 15 is 9.13 Å². The van der Waals surface area contributed by atoms with Crippen LogP contribution in [-0.2, 0) is 20.0 Å². The summed E-state index contributed by atoms with van der Waals surface area (Å²) in [7, 11) is -6.59. The van der Waals surface area contributed by atoms with Crippen LogP contribution in [0.4, 0.5) is 0 Å². The molecule has 68 heavy (non-hydrogen) atoms. The molecule has 0 spiro atoms. The largest absolute Gasteiger partial charge is 0.309 e. The molecule has 2 atom stereocenters. The Labute approximate surface area is 403 Å². The van der Waals surface area contributed by atoms with E-state index in [0.717, 1.165) is 106 Å². The van der Waals surface area contributed by atoms with E-state index in [9.17, 15) is 0 Å². The molecule has 0 radical (unpaired) electrons. The molecule has 13 rings (SSSR count). The van der Waals surface area contributed by atoms with Gasteiger partial charge < -0.3 is 18.3 Å². The summed E-state index contributed by atoms with van der Waals surface area (Å²) in [6.45, 7) is 9.04. The quantitative estimate of drug-likeness (QED) is 0.130. The second-order valence-electron chi connectivity index (χ2n) is 19.2. The Morgan fingerprint density at radius 1 is 0.338 bits per heavy atom. The second-order valence-corrected chi connectivity index (χ2v) is 26.7. The monoisotopic (exact) mass is 952 g/mol. The highest BCUT2D eigenvalue weighted by atomic mass is 32.1. The fourth-order valence-electron chi connectivity index (χ4n) is 11.4. The van der Waals surface area contributed by atoms with Crippen molar-refractivity contribution in [3.63, 3.8) is 0 Å². The second kappa shape index (κ2) is 15.0. The van der Waals surface area contributed by atoms with E-state index in [4.69, 9.17) is 0 Å². The molecule has 9 aromatic carbocycles. The van der Waals surface area contributed by atoms with Crippen molar-refractivity contribution in [1.82, 2.24) is 9.13 Å². The summed E-state index contributed by atoms with van der Waals surface area (Å²) in [5.41, 5.74) is 9.93. The predicted octanol–water partition coefficient (Wildman–Crippen LogP) is 13.7. The lowest BCUT2D eigenvalue weighted by Gasteiger charge is -2.40. The molecule has 8 heteroatoms. The number of aromatic nitrogens is 2. The molecule has 0 aliphatic carbocycles. The first-order valence-corrected chi connectivity index (χ1v) is 28.2. The number of hydrogen-bond donors (Lipinski definition) is 0. The average Bonchev–Trinajstić information content (AvgIpc) is 3.38. The summed E-state index contributed by atoms with van der Waals surface area (Å²) in [6, 6.07) is 72.1. The van der Waals surface area contributed by atoms with Crippen molar-refractivity contribution in [2.45, 2.75) is 38.5 Å². The molecule has 0 amide bonds. The van der Waals surface area contributed by atoms with E-state index in [2.05, 4.69) is 170 Å². The number of nitrogens with zero attached hydrogens (tertiary/aromatic N) is 2. The maximum atomic E-state index is 16.2. The minimum atomic E-state index is -3.30. The SMILES string of the molecule is CC1(C)c2ccccc2P(=O)(c2ccccc2)c2cc(-n3c4ccccc4sc4cc5c(cc43)sc3ccccc3n5-c3ccc4c(c3)P(=O)(c3ccccc3)c3ccccc3C4(C)C)ccc21. The van der Waals surface area contributed by atoms with E-state index in [1.54, 1.807) is 22.7 Å². The number of rotatable bonds is 4. The van der Waals surface area contributed by atoms with Crippen LogP contribution in [0.5, 0.6) is 0 Å². The third kappa shape index (κ3) is 5.79. The normalized spacial score (nSPS) is 18.8. The van der Waals surface area contributed by atoms with Gasteiger partial charge in [0.1, 0.15) is 0 Å². The summed E-state index contributed by atoms with van der Waals surface area (Å²) < 4.78 is 41.7. The lowest BCUT2D eigenvalue weighted by atomic mass is 9.77. The van der Waals surface area contributed by atoms with Gasteiger partial charge in [0.05, 0.1) is 40.9 Å². The van der Waals surface area contributed by atoms with Crippen molar-refractivity contribution in [3.8, 4) is 11.4 Å². The lowest BCUT2D eigenvalue weighted by molar-refractivity contribution is 0.585. The third-order valence-corrected chi connectivity index (χ3v) is 23.3. The maximum Gasteiger partial charge on any atom is 0.171 e. The Morgan fingerprint density at radius 3 is 1.12 bits per heavy atom. The van der Waals surface area contributed by atoms with Gasteiger partial charge in [-0.05, 0) is 82.9 Å². The molecule has 4 heterocycles. The van der Waals surface area contributed by atoms with Crippen molar-refractivity contribution in [1.29, 1.82) is 0 Å². The van der Waals surface area contributed by atoms with Crippen LogP contribution in [0.25, 0.3) is 52.2 Å². The summed E-state index contributed by atoms with van der Waals surface area (Å²) >= 11 is 3.57. The highest BCUT2D eigenvalue weighted by molar-refractivity contribution is 7.86. The van der Waals surface area contributed by atoms with Gasteiger partial charge in [0.2, 0.25) is 0 Å². The fourth-order valence-corrected chi connectivity index (χ4v) is 20.3. The van der Waals surface area contributed by atoms with E-state index in [-0.39, 0.29) is 10.8 Å². The highest BCUT2D eigenvalue weighted by Crippen LogP contribution is 2.55. The van der Waals surface area contributed by atoms with Crippen LogP contribution in [0.15, 0.2) is 206 Å². The summed E-state index contributed by atoms with van der Waals surface area (Å²) in [4.78, 5) is 0. The first-order valence-electron chi connectivity index (χ1n) is 23.1. The molecule has 0 fully saturated rings. The summed E-state index contributed by atoms with van der Waals surface area (Å²) in [5, 5.41) is 5.29. The Hall–Kier alpha value is -6.52. The zero-order valence-corrected chi connectivity index (χ0v) is 41.5. The van der Waals surface area contributed by atoms with Crippen LogP contribution in [0.1, 0.15) is 49.9 Å². The van der Waals surface area contributed by atoms with Gasteiger partial charge in [-0.25, -0.2) is 0 Å². The highest BCUT2D eigenvalue weighted by Gasteiger charge is 2.46. The smallest absolute Gasteiger partial charge is 0.171 e. The van der Waals surface area contributed by atoms with Crippen LogP contribution in [0.3, 0.4) is 0 Å². The molecule has 0 N–H and O–H groups in total. The molecule has 2 aliphatic rings. The van der Waals surface area contributed by atoms with Crippen molar-refractivity contribution in [2.75, 3.05) is 0 Å². The van der Waals surface area contributed by atoms with Gasteiger partial charge in [-0.15, -0.1) is 22.7 Å². The molecular formula is C60H46N2O2P2S2. The first kappa shape index (κ1) is 41.7. The average molecular weight is 953 g/mol. The number of para-hydroxylation sites is 2. The van der Waals surface area contributed by atoms with Gasteiger partial charge in [0.25, 0.3) is 0 Å². The van der Waals surface area contributed by atoms with E-state index in [1.807, 2.05) is 72.8 Å². The van der Waals surface area contributed by atoms with Gasteiger partial charge in [0, 0.05) is 54.0 Å². The van der Waals surface area contributed by atoms with Gasteiger partial charge in [0.15, 0.2) is 14.3 Å². The van der Waals surface area contributed by atoms with Gasteiger partial charge in [-0.1, -0.05) is 173 Å². The predicted molar refractivity (Wildman–Crippen MR) is 292 cm³/mol. The van der Waals surface area contributed by atoms with Crippen molar-refractivity contribution in [3.05, 3.63) is 229 Å². The Balaban J connectivity index is 1.08. The van der Waals surface area contributed by atoms with Gasteiger partial charge >= 0.3 is 0 Å². The third-order valence-electron chi connectivity index (χ3n) is 14.8. The van der Waals surface area contributed by atoms with Crippen molar-refractivity contribution in [2.24, 2.45) is 0 Å². The van der Waals surface area contributed by atoms with Crippen LogP contribution < -0.4 is 31.8 Å². The van der Waals surface area contributed by atoms with Crippen LogP contribution in [0, 0.1) is 0 Å². The number of hydrogen-bond acceptors (Lipinski definition) is 4. The molecule has 2 unspecified atom stereocenters. The Morgan fingerprint density at radius 2 is 0.691 bits per heavy atom. The molecule has 0 bridgehead atoms. The zero-order chi connectivity index (χ0) is 46.2. The molecule has 2 aliphatic heterocycles. The molecule has 0 saturated carbocycles. The summed E-state index contributed by atoms with van der Waals surface area (Å²) in [5.74, 6) is 0.